The Bertz CT molecular complexity index is 663. The molecule has 0 atom stereocenters. The third kappa shape index (κ3) is 6.24. The van der Waals surface area contributed by atoms with Gasteiger partial charge in [0.15, 0.2) is 11.8 Å². The van der Waals surface area contributed by atoms with Crippen LogP contribution in [0.15, 0.2) is 24.3 Å². The second-order valence-electron chi connectivity index (χ2n) is 6.40. The molecular weight excluding hydrogens is 304 g/mol. The third-order valence-corrected chi connectivity index (χ3v) is 3.42. The van der Waals surface area contributed by atoms with Crippen molar-refractivity contribution in [1.29, 1.82) is 16.2 Å². The molecule has 0 saturated heterocycles. The lowest BCUT2D eigenvalue weighted by Crippen LogP contribution is -2.19. The number of benzene rings is 1. The molecule has 0 spiro atoms. The van der Waals surface area contributed by atoms with Crippen LogP contribution in [0.2, 0.25) is 0 Å². The first kappa shape index (κ1) is 19.4. The van der Waals surface area contributed by atoms with Gasteiger partial charge in [0.2, 0.25) is 0 Å². The minimum absolute atomic E-state index is 0.0141. The van der Waals surface area contributed by atoms with Gasteiger partial charge in [-0.25, -0.2) is 0 Å². The number of nitrogens with two attached hydrogens (primary N) is 1. The zero-order chi connectivity index (χ0) is 18.3. The lowest BCUT2D eigenvalue weighted by Gasteiger charge is -2.22. The van der Waals surface area contributed by atoms with E-state index in [-0.39, 0.29) is 23.0 Å². The molecule has 0 fully saturated rings. The van der Waals surface area contributed by atoms with Gasteiger partial charge in [0, 0.05) is 24.5 Å². The van der Waals surface area contributed by atoms with Gasteiger partial charge in [-0.15, -0.1) is 0 Å². The van der Waals surface area contributed by atoms with Gasteiger partial charge in [-0.05, 0) is 30.0 Å². The van der Waals surface area contributed by atoms with Crippen molar-refractivity contribution in [2.45, 2.75) is 33.6 Å². The molecule has 0 aromatic heterocycles. The van der Waals surface area contributed by atoms with E-state index in [0.29, 0.717) is 17.7 Å². The summed E-state index contributed by atoms with van der Waals surface area (Å²) >= 11 is 0. The molecule has 0 bridgehead atoms. The number of allylic oxidation sites excluding steroid dienone is 1. The van der Waals surface area contributed by atoms with E-state index in [0.717, 1.165) is 12.0 Å². The molecule has 0 aliphatic heterocycles. The van der Waals surface area contributed by atoms with E-state index in [1.807, 2.05) is 32.1 Å². The van der Waals surface area contributed by atoms with Crippen molar-refractivity contribution >= 4 is 23.7 Å². The lowest BCUT2D eigenvalue weighted by molar-refractivity contribution is 0.358. The fourth-order valence-electron chi connectivity index (χ4n) is 2.26. The van der Waals surface area contributed by atoms with Crippen LogP contribution in [0.3, 0.4) is 0 Å². The molecule has 0 unspecified atom stereocenters. The van der Waals surface area contributed by atoms with Gasteiger partial charge in [-0.2, -0.15) is 0 Å². The van der Waals surface area contributed by atoms with Gasteiger partial charge >= 0.3 is 0 Å². The Morgan fingerprint density at radius 1 is 1.25 bits per heavy atom. The van der Waals surface area contributed by atoms with E-state index in [1.54, 1.807) is 19.2 Å². The number of amidine groups is 1. The number of ether oxygens (including phenoxy) is 2. The van der Waals surface area contributed by atoms with E-state index >= 15 is 0 Å². The van der Waals surface area contributed by atoms with Crippen molar-refractivity contribution in [1.82, 2.24) is 0 Å². The molecule has 0 radical (unpaired) electrons. The summed E-state index contributed by atoms with van der Waals surface area (Å²) in [6.45, 7) is 5.59. The van der Waals surface area contributed by atoms with Crippen molar-refractivity contribution in [2.24, 2.45) is 11.1 Å². The fraction of sp³-hybridized carbons (Fsp3) is 0.389. The first-order valence-electron chi connectivity index (χ1n) is 7.64. The second-order valence-corrected chi connectivity index (χ2v) is 6.40. The van der Waals surface area contributed by atoms with Crippen LogP contribution in [0.5, 0.6) is 5.75 Å². The Morgan fingerprint density at radius 3 is 2.46 bits per heavy atom. The molecule has 24 heavy (non-hydrogen) atoms. The summed E-state index contributed by atoms with van der Waals surface area (Å²) in [6.07, 6.45) is 5.10. The maximum Gasteiger partial charge on any atom is 0.189 e. The number of hydrogen-bond acceptors (Lipinski definition) is 5. The van der Waals surface area contributed by atoms with Crippen molar-refractivity contribution < 1.29 is 9.47 Å². The molecule has 1 aromatic rings. The number of hydrogen-bond donors (Lipinski definition) is 4. The molecule has 0 saturated carbocycles. The number of nitrogen functional groups attached to an aromatic ring is 1. The monoisotopic (exact) mass is 330 g/mol. The van der Waals surface area contributed by atoms with Crippen LogP contribution in [0, 0.1) is 21.6 Å². The summed E-state index contributed by atoms with van der Waals surface area (Å²) in [5, 5.41) is 22.6. The van der Waals surface area contributed by atoms with E-state index in [1.165, 1.54) is 6.92 Å². The topological polar surface area (TPSA) is 116 Å². The van der Waals surface area contributed by atoms with E-state index in [2.05, 4.69) is 0 Å². The smallest absolute Gasteiger partial charge is 0.189 e. The van der Waals surface area contributed by atoms with E-state index < -0.39 is 0 Å². The van der Waals surface area contributed by atoms with Crippen LogP contribution in [-0.4, -0.2) is 24.7 Å². The number of methoxy groups -OCH3 is 1. The zero-order valence-electron chi connectivity index (χ0n) is 14.7. The van der Waals surface area contributed by atoms with Crippen molar-refractivity contribution in [3.05, 3.63) is 35.4 Å². The largest absolute Gasteiger partial charge is 0.496 e. The highest BCUT2D eigenvalue weighted by Gasteiger charge is 2.20. The average molecular weight is 330 g/mol. The van der Waals surface area contributed by atoms with Crippen LogP contribution in [0.1, 0.15) is 44.7 Å². The molecule has 6 heteroatoms. The average Bonchev–Trinajstić information content (AvgIpc) is 2.45. The maximum atomic E-state index is 7.77. The molecule has 130 valence electrons. The zero-order valence-corrected chi connectivity index (χ0v) is 14.7. The predicted octanol–water partition coefficient (Wildman–Crippen LogP) is 3.79. The maximum absolute atomic E-state index is 7.77. The quantitative estimate of drug-likeness (QED) is 0.450. The predicted molar refractivity (Wildman–Crippen MR) is 98.3 cm³/mol. The molecule has 0 aliphatic rings. The molecule has 1 aromatic carbocycles. The molecular formula is C18H26N4O2. The summed E-state index contributed by atoms with van der Waals surface area (Å²) in [6, 6.07) is 5.35. The summed E-state index contributed by atoms with van der Waals surface area (Å²) < 4.78 is 10.3. The second kappa shape index (κ2) is 8.29. The fourth-order valence-corrected chi connectivity index (χ4v) is 2.26. The van der Waals surface area contributed by atoms with Crippen LogP contribution in [0.4, 0.5) is 0 Å². The van der Waals surface area contributed by atoms with Gasteiger partial charge in [0.1, 0.15) is 11.6 Å². The Morgan fingerprint density at radius 2 is 1.92 bits per heavy atom. The first-order chi connectivity index (χ1) is 11.1. The van der Waals surface area contributed by atoms with E-state index in [9.17, 15) is 0 Å². The molecule has 0 aliphatic carbocycles. The Labute approximate surface area is 143 Å². The SMILES string of the molecule is COc1ccc(C(=N)N)cc1/C=C/CC(C)(C)CC(=N)OC(C)=N. The standard InChI is InChI=1S/C18H26N4O2/c1-12(19)24-16(20)11-18(2,3)9-5-6-13-10-14(17(21)22)7-8-15(13)23-4/h5-8,10,19-20H,9,11H2,1-4H3,(H3,21,22)/b6-5+,19-12?,20-16?. The number of nitrogens with one attached hydrogen (secondary N) is 3. The summed E-state index contributed by atoms with van der Waals surface area (Å²) in [5.74, 6) is 0.846. The lowest BCUT2D eigenvalue weighted by atomic mass is 9.85. The first-order valence-corrected chi connectivity index (χ1v) is 7.64. The van der Waals surface area contributed by atoms with E-state index in [4.69, 9.17) is 31.4 Å². The van der Waals surface area contributed by atoms with Crippen molar-refractivity contribution in [2.75, 3.05) is 7.11 Å². The van der Waals surface area contributed by atoms with Crippen LogP contribution in [-0.2, 0) is 4.74 Å². The highest BCUT2D eigenvalue weighted by molar-refractivity contribution is 5.95. The van der Waals surface area contributed by atoms with Crippen LogP contribution < -0.4 is 10.5 Å². The van der Waals surface area contributed by atoms with Crippen molar-refractivity contribution in [3.63, 3.8) is 0 Å². The molecule has 6 nitrogen and oxygen atoms in total. The summed E-state index contributed by atoms with van der Waals surface area (Å²) in [4.78, 5) is 0. The molecule has 1 rings (SSSR count). The van der Waals surface area contributed by atoms with Gasteiger partial charge in [0.05, 0.1) is 7.11 Å². The Hall–Kier alpha value is -2.63. The molecule has 0 amide bonds. The van der Waals surface area contributed by atoms with Gasteiger partial charge in [-0.3, -0.25) is 16.2 Å². The van der Waals surface area contributed by atoms with Gasteiger partial charge in [-0.1, -0.05) is 26.0 Å². The minimum atomic E-state index is -0.172. The molecule has 0 heterocycles. The summed E-state index contributed by atoms with van der Waals surface area (Å²) in [7, 11) is 1.60. The van der Waals surface area contributed by atoms with Crippen LogP contribution >= 0.6 is 0 Å². The minimum Gasteiger partial charge on any atom is -0.496 e. The molecule has 5 N–H and O–H groups in total. The number of rotatable bonds is 7. The highest BCUT2D eigenvalue weighted by Crippen LogP contribution is 2.28. The third-order valence-electron chi connectivity index (χ3n) is 3.42. The highest BCUT2D eigenvalue weighted by atomic mass is 16.5. The van der Waals surface area contributed by atoms with Gasteiger partial charge < -0.3 is 15.2 Å². The Kier molecular flexibility index (Phi) is 6.70. The summed E-state index contributed by atoms with van der Waals surface area (Å²) in [5.41, 5.74) is 6.85. The van der Waals surface area contributed by atoms with Crippen LogP contribution in [0.25, 0.3) is 6.08 Å². The normalized spacial score (nSPS) is 11.3. The van der Waals surface area contributed by atoms with Gasteiger partial charge in [0.25, 0.3) is 0 Å². The van der Waals surface area contributed by atoms with Crippen molar-refractivity contribution in [3.8, 4) is 5.75 Å². The Balaban J connectivity index is 2.81.